The van der Waals surface area contributed by atoms with Crippen LogP contribution in [-0.2, 0) is 4.79 Å². The predicted molar refractivity (Wildman–Crippen MR) is 45.9 cm³/mol. The average molecular weight is 220 g/mol. The highest BCUT2D eigenvalue weighted by molar-refractivity contribution is 6.33. The van der Waals surface area contributed by atoms with Crippen molar-refractivity contribution in [1.29, 1.82) is 0 Å². The van der Waals surface area contributed by atoms with Crippen molar-refractivity contribution in [3.63, 3.8) is 0 Å². The minimum atomic E-state index is -0.755. The molecule has 0 spiro atoms. The smallest absolute Gasteiger partial charge is 0.358 e. The Morgan fingerprint density at radius 1 is 1.71 bits per heavy atom. The highest BCUT2D eigenvalue weighted by Gasteiger charge is 2.25. The molecule has 0 N–H and O–H groups in total. The van der Waals surface area contributed by atoms with Gasteiger partial charge < -0.3 is 15.0 Å². The van der Waals surface area contributed by atoms with Gasteiger partial charge >= 0.3 is 11.8 Å². The van der Waals surface area contributed by atoms with E-state index in [2.05, 4.69) is 9.94 Å². The van der Waals surface area contributed by atoms with Gasteiger partial charge in [-0.25, -0.2) is 4.79 Å². The molecule has 0 bridgehead atoms. The van der Waals surface area contributed by atoms with Crippen LogP contribution < -0.4 is 4.84 Å². The summed E-state index contributed by atoms with van der Waals surface area (Å²) in [5, 5.41) is 13.6. The van der Waals surface area contributed by atoms with Crippen LogP contribution in [0.15, 0.2) is 0 Å². The molecule has 0 saturated carbocycles. The van der Waals surface area contributed by atoms with Crippen molar-refractivity contribution in [2.45, 2.75) is 13.8 Å². The molecule has 0 amide bonds. The molecule has 0 aliphatic rings. The summed E-state index contributed by atoms with van der Waals surface area (Å²) < 4.78 is 0. The lowest BCUT2D eigenvalue weighted by molar-refractivity contribution is -0.390. The summed E-state index contributed by atoms with van der Waals surface area (Å²) >= 11 is 5.58. The fourth-order valence-electron chi connectivity index (χ4n) is 0.778. The summed E-state index contributed by atoms with van der Waals surface area (Å²) in [6, 6.07) is 0. The van der Waals surface area contributed by atoms with Crippen molar-refractivity contribution in [2.24, 2.45) is 0 Å². The molecule has 0 aliphatic carbocycles. The molecule has 0 unspecified atom stereocenters. The van der Waals surface area contributed by atoms with Gasteiger partial charge in [0.15, 0.2) is 5.02 Å². The van der Waals surface area contributed by atoms with E-state index in [1.54, 1.807) is 0 Å². The molecule has 7 nitrogen and oxygen atoms in total. The van der Waals surface area contributed by atoms with Crippen molar-refractivity contribution in [2.75, 3.05) is 0 Å². The number of hydrogen-bond acceptors (Lipinski definition) is 5. The summed E-state index contributed by atoms with van der Waals surface area (Å²) in [6.07, 6.45) is 0. The molecule has 1 aromatic rings. The van der Waals surface area contributed by atoms with E-state index in [1.165, 1.54) is 6.92 Å². The molecule has 76 valence electrons. The highest BCUT2D eigenvalue weighted by Crippen LogP contribution is 2.25. The van der Waals surface area contributed by atoms with Gasteiger partial charge in [-0.15, -0.1) is 0 Å². The van der Waals surface area contributed by atoms with Crippen LogP contribution in [0.3, 0.4) is 0 Å². The largest absolute Gasteiger partial charge is 0.412 e. The number of rotatable bonds is 2. The van der Waals surface area contributed by atoms with E-state index in [4.69, 9.17) is 11.6 Å². The van der Waals surface area contributed by atoms with Gasteiger partial charge in [-0.05, 0) is 11.8 Å². The zero-order chi connectivity index (χ0) is 10.9. The van der Waals surface area contributed by atoms with Crippen molar-refractivity contribution in [1.82, 2.24) is 9.94 Å². The van der Waals surface area contributed by atoms with Crippen molar-refractivity contribution >= 4 is 23.4 Å². The van der Waals surface area contributed by atoms with Gasteiger partial charge in [0.1, 0.15) is 5.69 Å². The Kier molecular flexibility index (Phi) is 2.70. The second-order valence-corrected chi connectivity index (χ2v) is 2.81. The van der Waals surface area contributed by atoms with Crippen LogP contribution >= 0.6 is 11.6 Å². The second kappa shape index (κ2) is 3.62. The molecule has 0 atom stereocenters. The minimum Gasteiger partial charge on any atom is -0.358 e. The maximum atomic E-state index is 10.6. The third-order valence-electron chi connectivity index (χ3n) is 1.37. The number of nitro groups is 1. The molecule has 1 aromatic heterocycles. The summed E-state index contributed by atoms with van der Waals surface area (Å²) in [4.78, 5) is 25.4. The van der Waals surface area contributed by atoms with Gasteiger partial charge in [-0.1, -0.05) is 11.6 Å². The topological polar surface area (TPSA) is 87.3 Å². The van der Waals surface area contributed by atoms with Gasteiger partial charge in [-0.2, -0.15) is 0 Å². The van der Waals surface area contributed by atoms with E-state index in [9.17, 15) is 14.9 Å². The lowest BCUT2D eigenvalue weighted by Crippen LogP contribution is -2.19. The molecular formula is C6H6ClN3O4. The molecule has 0 fully saturated rings. The van der Waals surface area contributed by atoms with E-state index >= 15 is 0 Å². The van der Waals surface area contributed by atoms with Gasteiger partial charge in [0.2, 0.25) is 0 Å². The molecule has 1 rings (SSSR count). The lowest BCUT2D eigenvalue weighted by Gasteiger charge is -1.94. The zero-order valence-corrected chi connectivity index (χ0v) is 8.11. The summed E-state index contributed by atoms with van der Waals surface area (Å²) in [7, 11) is 0. The number of aromatic nitrogens is 2. The third kappa shape index (κ3) is 1.82. The van der Waals surface area contributed by atoms with Crippen LogP contribution in [0.5, 0.6) is 0 Å². The Balaban J connectivity index is 3.15. The zero-order valence-electron chi connectivity index (χ0n) is 7.35. The van der Waals surface area contributed by atoms with E-state index in [0.717, 1.165) is 11.8 Å². The molecular weight excluding hydrogens is 214 g/mol. The maximum absolute atomic E-state index is 10.6. The Bertz CT molecular complexity index is 400. The van der Waals surface area contributed by atoms with Crippen LogP contribution in [0.4, 0.5) is 5.82 Å². The van der Waals surface area contributed by atoms with Crippen LogP contribution in [-0.4, -0.2) is 20.8 Å². The van der Waals surface area contributed by atoms with Gasteiger partial charge in [0.25, 0.3) is 0 Å². The maximum Gasteiger partial charge on any atom is 0.412 e. The first kappa shape index (κ1) is 10.5. The predicted octanol–water partition coefficient (Wildman–Crippen LogP) is 0.728. The monoisotopic (exact) mass is 219 g/mol. The number of halogens is 1. The molecule has 14 heavy (non-hydrogen) atoms. The standard InChI is InChI=1S/C6H6ClN3O4/c1-3-5(7)6(10(12)13)8-9(3)14-4(2)11/h1-2H3. The second-order valence-electron chi connectivity index (χ2n) is 2.44. The number of carbonyl (C=O) groups is 1. The van der Waals surface area contributed by atoms with Gasteiger partial charge in [-0.3, -0.25) is 0 Å². The van der Waals surface area contributed by atoms with Crippen LogP contribution in [0.2, 0.25) is 5.02 Å². The average Bonchev–Trinajstić information content (AvgIpc) is 2.32. The molecule has 0 radical (unpaired) electrons. The SMILES string of the molecule is CC(=O)On1nc([N+](=O)[O-])c(Cl)c1C. The van der Waals surface area contributed by atoms with Gasteiger partial charge in [0.05, 0.1) is 5.10 Å². The molecule has 0 aromatic carbocycles. The van der Waals surface area contributed by atoms with E-state index in [0.29, 0.717) is 0 Å². The van der Waals surface area contributed by atoms with E-state index in [-0.39, 0.29) is 10.7 Å². The summed E-state index contributed by atoms with van der Waals surface area (Å²) in [5.74, 6) is -1.17. The quantitative estimate of drug-likeness (QED) is 0.540. The fraction of sp³-hybridized carbons (Fsp3) is 0.333. The Hall–Kier alpha value is -1.63. The van der Waals surface area contributed by atoms with Gasteiger partial charge in [0, 0.05) is 11.8 Å². The Morgan fingerprint density at radius 2 is 2.29 bits per heavy atom. The molecule has 8 heteroatoms. The normalized spacial score (nSPS) is 9.93. The first-order valence-corrected chi connectivity index (χ1v) is 3.89. The number of carbonyl (C=O) groups excluding carboxylic acids is 1. The summed E-state index contributed by atoms with van der Waals surface area (Å²) in [6.45, 7) is 2.60. The fourth-order valence-corrected chi connectivity index (χ4v) is 0.957. The first-order valence-electron chi connectivity index (χ1n) is 3.52. The first-order chi connectivity index (χ1) is 6.43. The summed E-state index contributed by atoms with van der Waals surface area (Å²) in [5.41, 5.74) is 0.202. The van der Waals surface area contributed by atoms with Crippen molar-refractivity contribution in [3.05, 3.63) is 20.8 Å². The number of hydrogen-bond donors (Lipinski definition) is 0. The van der Waals surface area contributed by atoms with Crippen molar-refractivity contribution < 1.29 is 14.6 Å². The number of nitrogens with zero attached hydrogens (tertiary/aromatic N) is 3. The Morgan fingerprint density at radius 3 is 2.64 bits per heavy atom. The van der Waals surface area contributed by atoms with Crippen molar-refractivity contribution in [3.8, 4) is 0 Å². The lowest BCUT2D eigenvalue weighted by atomic mass is 10.5. The highest BCUT2D eigenvalue weighted by atomic mass is 35.5. The Labute approximate surface area is 83.3 Å². The van der Waals surface area contributed by atoms with Crippen LogP contribution in [0, 0.1) is 17.0 Å². The van der Waals surface area contributed by atoms with E-state index < -0.39 is 16.7 Å². The third-order valence-corrected chi connectivity index (χ3v) is 1.82. The van der Waals surface area contributed by atoms with Crippen LogP contribution in [0.1, 0.15) is 12.6 Å². The van der Waals surface area contributed by atoms with E-state index in [1.807, 2.05) is 0 Å². The molecule has 1 heterocycles. The molecule has 0 aliphatic heterocycles. The van der Waals surface area contributed by atoms with Crippen LogP contribution in [0.25, 0.3) is 0 Å². The minimum absolute atomic E-state index is 0.142. The molecule has 0 saturated heterocycles.